The lowest BCUT2D eigenvalue weighted by molar-refractivity contribution is -0.123. The van der Waals surface area contributed by atoms with Crippen LogP contribution in [-0.2, 0) is 21.2 Å². The number of sulfonamides is 1. The maximum absolute atomic E-state index is 13.1. The Morgan fingerprint density at radius 1 is 1.04 bits per heavy atom. The molecule has 2 aliphatic heterocycles. The number of para-hydroxylation sites is 1. The van der Waals surface area contributed by atoms with Gasteiger partial charge in [0.25, 0.3) is 0 Å². The summed E-state index contributed by atoms with van der Waals surface area (Å²) in [6.45, 7) is 1.47. The Balaban J connectivity index is 1.45. The minimum atomic E-state index is -3.54. The highest BCUT2D eigenvalue weighted by Crippen LogP contribution is 2.31. The molecular weight excluding hydrogens is 362 g/mol. The third-order valence-corrected chi connectivity index (χ3v) is 7.33. The van der Waals surface area contributed by atoms with E-state index in [0.29, 0.717) is 25.9 Å². The molecule has 1 aromatic carbocycles. The zero-order valence-corrected chi connectivity index (χ0v) is 15.9. The van der Waals surface area contributed by atoms with Crippen LogP contribution in [0.3, 0.4) is 0 Å². The van der Waals surface area contributed by atoms with E-state index >= 15 is 0 Å². The van der Waals surface area contributed by atoms with Crippen LogP contribution in [-0.4, -0.2) is 43.2 Å². The van der Waals surface area contributed by atoms with E-state index in [-0.39, 0.29) is 16.7 Å². The highest BCUT2D eigenvalue weighted by atomic mass is 32.2. The van der Waals surface area contributed by atoms with Crippen LogP contribution in [0.2, 0.25) is 0 Å². The molecule has 0 unspecified atom stereocenters. The van der Waals surface area contributed by atoms with Crippen molar-refractivity contribution >= 4 is 21.6 Å². The molecule has 0 atom stereocenters. The van der Waals surface area contributed by atoms with Crippen LogP contribution in [0.15, 0.2) is 53.7 Å². The molecule has 142 valence electrons. The van der Waals surface area contributed by atoms with E-state index in [1.807, 2.05) is 23.1 Å². The summed E-state index contributed by atoms with van der Waals surface area (Å²) < 4.78 is 26.9. The molecule has 27 heavy (non-hydrogen) atoms. The van der Waals surface area contributed by atoms with Crippen molar-refractivity contribution in [1.82, 2.24) is 9.29 Å². The van der Waals surface area contributed by atoms with E-state index in [0.717, 1.165) is 25.1 Å². The van der Waals surface area contributed by atoms with Gasteiger partial charge in [0, 0.05) is 43.6 Å². The highest BCUT2D eigenvalue weighted by molar-refractivity contribution is 7.89. The summed E-state index contributed by atoms with van der Waals surface area (Å²) in [7, 11) is -3.54. The molecular formula is C20H23N3O3S. The molecule has 2 aliphatic rings. The molecule has 0 saturated carbocycles. The van der Waals surface area contributed by atoms with Gasteiger partial charge in [0.2, 0.25) is 15.9 Å². The maximum atomic E-state index is 13.1. The fourth-order valence-electron chi connectivity index (χ4n) is 3.97. The Kier molecular flexibility index (Phi) is 4.97. The quantitative estimate of drug-likeness (QED) is 0.814. The van der Waals surface area contributed by atoms with Crippen molar-refractivity contribution in [3.63, 3.8) is 0 Å². The van der Waals surface area contributed by atoms with Crippen LogP contribution in [0.25, 0.3) is 0 Å². The largest absolute Gasteiger partial charge is 0.312 e. The Morgan fingerprint density at radius 2 is 1.81 bits per heavy atom. The molecule has 3 heterocycles. The second kappa shape index (κ2) is 7.40. The summed E-state index contributed by atoms with van der Waals surface area (Å²) in [6.07, 6.45) is 6.00. The van der Waals surface area contributed by atoms with Gasteiger partial charge in [-0.05, 0) is 49.4 Å². The van der Waals surface area contributed by atoms with Gasteiger partial charge in [0.1, 0.15) is 4.90 Å². The van der Waals surface area contributed by atoms with Crippen LogP contribution in [0, 0.1) is 5.92 Å². The van der Waals surface area contributed by atoms with Crippen LogP contribution in [0.1, 0.15) is 24.8 Å². The first-order chi connectivity index (χ1) is 13.1. The van der Waals surface area contributed by atoms with Crippen molar-refractivity contribution in [2.24, 2.45) is 5.92 Å². The summed E-state index contributed by atoms with van der Waals surface area (Å²) in [5, 5.41) is 0. The molecule has 0 radical (unpaired) electrons. The lowest BCUT2D eigenvalue weighted by Crippen LogP contribution is -2.45. The van der Waals surface area contributed by atoms with Crippen molar-refractivity contribution in [2.75, 3.05) is 24.5 Å². The highest BCUT2D eigenvalue weighted by Gasteiger charge is 2.35. The first-order valence-electron chi connectivity index (χ1n) is 9.37. The normalized spacial score (nSPS) is 18.9. The number of hydrogen-bond acceptors (Lipinski definition) is 4. The van der Waals surface area contributed by atoms with Gasteiger partial charge in [-0.25, -0.2) is 8.42 Å². The number of benzene rings is 1. The van der Waals surface area contributed by atoms with Crippen LogP contribution >= 0.6 is 0 Å². The van der Waals surface area contributed by atoms with Gasteiger partial charge in [-0.2, -0.15) is 4.31 Å². The van der Waals surface area contributed by atoms with Crippen molar-refractivity contribution in [2.45, 2.75) is 30.6 Å². The molecule has 1 amide bonds. The molecule has 2 aromatic rings. The predicted octanol–water partition coefficient (Wildman–Crippen LogP) is 2.46. The number of carbonyl (C=O) groups excluding carboxylic acids is 1. The molecule has 1 fully saturated rings. The van der Waals surface area contributed by atoms with E-state index in [2.05, 4.69) is 11.1 Å². The number of aryl methyl sites for hydroxylation is 1. The SMILES string of the molecule is O=C(C1CCN(S(=O)(=O)c2cccnc2)CC1)N1CCCc2ccccc21. The van der Waals surface area contributed by atoms with Gasteiger partial charge in [0.05, 0.1) is 0 Å². The van der Waals surface area contributed by atoms with Gasteiger partial charge < -0.3 is 4.90 Å². The molecule has 1 saturated heterocycles. The number of amides is 1. The van der Waals surface area contributed by atoms with Gasteiger partial charge in [-0.15, -0.1) is 0 Å². The fraction of sp³-hybridized carbons (Fsp3) is 0.400. The number of pyridine rings is 1. The van der Waals surface area contributed by atoms with E-state index in [9.17, 15) is 13.2 Å². The molecule has 4 rings (SSSR count). The Hall–Kier alpha value is -2.25. The number of nitrogens with zero attached hydrogens (tertiary/aromatic N) is 3. The second-order valence-electron chi connectivity index (χ2n) is 7.09. The number of aromatic nitrogens is 1. The van der Waals surface area contributed by atoms with E-state index < -0.39 is 10.0 Å². The zero-order valence-electron chi connectivity index (χ0n) is 15.1. The minimum absolute atomic E-state index is 0.126. The third-order valence-electron chi connectivity index (χ3n) is 5.45. The number of anilines is 1. The van der Waals surface area contributed by atoms with Gasteiger partial charge >= 0.3 is 0 Å². The summed E-state index contributed by atoms with van der Waals surface area (Å²) in [4.78, 5) is 19.1. The number of rotatable bonds is 3. The summed E-state index contributed by atoms with van der Waals surface area (Å²) in [5.74, 6) is -0.00270. The number of fused-ring (bicyclic) bond motifs is 1. The molecule has 6 nitrogen and oxygen atoms in total. The third kappa shape index (κ3) is 3.49. The molecule has 1 aromatic heterocycles. The molecule has 7 heteroatoms. The van der Waals surface area contributed by atoms with Crippen molar-refractivity contribution in [3.05, 3.63) is 54.4 Å². The summed E-state index contributed by atoms with van der Waals surface area (Å²) in [5.41, 5.74) is 2.23. The molecule has 0 aliphatic carbocycles. The smallest absolute Gasteiger partial charge is 0.244 e. The number of piperidine rings is 1. The zero-order chi connectivity index (χ0) is 18.9. The van der Waals surface area contributed by atoms with Crippen molar-refractivity contribution in [3.8, 4) is 0 Å². The lowest BCUT2D eigenvalue weighted by atomic mass is 9.94. The number of carbonyl (C=O) groups is 1. The molecule has 0 N–H and O–H groups in total. The number of hydrogen-bond donors (Lipinski definition) is 0. The molecule has 0 spiro atoms. The average Bonchev–Trinajstić information content (AvgIpc) is 2.73. The van der Waals surface area contributed by atoms with Crippen molar-refractivity contribution < 1.29 is 13.2 Å². The summed E-state index contributed by atoms with van der Waals surface area (Å²) in [6, 6.07) is 11.2. The van der Waals surface area contributed by atoms with Crippen LogP contribution < -0.4 is 4.90 Å². The standard InChI is InChI=1S/C20H23N3O3S/c24-20(23-12-4-6-16-5-1-2-8-19(16)23)17-9-13-22(14-10-17)27(25,26)18-7-3-11-21-15-18/h1-3,5,7-8,11,15,17H,4,6,9-10,12-14H2. The Bertz CT molecular complexity index is 922. The monoisotopic (exact) mass is 385 g/mol. The van der Waals surface area contributed by atoms with Crippen LogP contribution in [0.5, 0.6) is 0 Å². The van der Waals surface area contributed by atoms with Gasteiger partial charge in [-0.1, -0.05) is 18.2 Å². The van der Waals surface area contributed by atoms with E-state index in [1.54, 1.807) is 18.3 Å². The van der Waals surface area contributed by atoms with Crippen molar-refractivity contribution in [1.29, 1.82) is 0 Å². The lowest BCUT2D eigenvalue weighted by Gasteiger charge is -2.36. The first-order valence-corrected chi connectivity index (χ1v) is 10.8. The van der Waals surface area contributed by atoms with E-state index in [1.165, 1.54) is 16.1 Å². The predicted molar refractivity (Wildman–Crippen MR) is 103 cm³/mol. The second-order valence-corrected chi connectivity index (χ2v) is 9.03. The van der Waals surface area contributed by atoms with Gasteiger partial charge in [-0.3, -0.25) is 9.78 Å². The Labute approximate surface area is 159 Å². The van der Waals surface area contributed by atoms with Crippen LogP contribution in [0.4, 0.5) is 5.69 Å². The first kappa shape index (κ1) is 18.1. The fourth-order valence-corrected chi connectivity index (χ4v) is 5.41. The average molecular weight is 385 g/mol. The topological polar surface area (TPSA) is 70.6 Å². The Morgan fingerprint density at radius 3 is 2.56 bits per heavy atom. The summed E-state index contributed by atoms with van der Waals surface area (Å²) >= 11 is 0. The maximum Gasteiger partial charge on any atom is 0.244 e. The molecule has 0 bridgehead atoms. The van der Waals surface area contributed by atoms with Gasteiger partial charge in [0.15, 0.2) is 0 Å². The minimum Gasteiger partial charge on any atom is -0.312 e. The van der Waals surface area contributed by atoms with E-state index in [4.69, 9.17) is 0 Å².